The summed E-state index contributed by atoms with van der Waals surface area (Å²) >= 11 is 5.92. The van der Waals surface area contributed by atoms with Gasteiger partial charge >= 0.3 is 0 Å². The highest BCUT2D eigenvalue weighted by atomic mass is 35.5. The average molecular weight is 500 g/mol. The number of hydrogen-bond acceptors (Lipinski definition) is 7. The van der Waals surface area contributed by atoms with Crippen LogP contribution in [-0.2, 0) is 9.53 Å². The van der Waals surface area contributed by atoms with E-state index in [-0.39, 0.29) is 17.0 Å². The number of rotatable bonds is 9. The summed E-state index contributed by atoms with van der Waals surface area (Å²) in [6.45, 7) is 1.73. The van der Waals surface area contributed by atoms with E-state index in [4.69, 9.17) is 21.1 Å². The lowest BCUT2D eigenvalue weighted by molar-refractivity contribution is -0.111. The molecule has 2 heterocycles. The summed E-state index contributed by atoms with van der Waals surface area (Å²) in [6.07, 6.45) is 6.62. The third-order valence-electron chi connectivity index (χ3n) is 5.37. The quantitative estimate of drug-likeness (QED) is 0.409. The van der Waals surface area contributed by atoms with Crippen molar-refractivity contribution in [3.63, 3.8) is 0 Å². The molecule has 3 aromatic rings. The number of benzene rings is 2. The Labute approximate surface area is 208 Å². The van der Waals surface area contributed by atoms with Crippen LogP contribution in [-0.4, -0.2) is 60.7 Å². The van der Waals surface area contributed by atoms with E-state index >= 15 is 0 Å². The largest absolute Gasteiger partial charge is 0.489 e. The normalized spacial score (nSPS) is 15.7. The molecule has 0 saturated carbocycles. The fraction of sp³-hybridized carbons (Fsp3) is 0.320. The highest BCUT2D eigenvalue weighted by Gasteiger charge is 2.19. The Morgan fingerprint density at radius 2 is 2.17 bits per heavy atom. The van der Waals surface area contributed by atoms with Gasteiger partial charge in [0.25, 0.3) is 0 Å². The molecule has 35 heavy (non-hydrogen) atoms. The van der Waals surface area contributed by atoms with Crippen LogP contribution in [0, 0.1) is 5.82 Å². The first-order valence-electron chi connectivity index (χ1n) is 11.3. The molecule has 1 amide bonds. The van der Waals surface area contributed by atoms with Crippen LogP contribution in [0.2, 0.25) is 5.02 Å². The van der Waals surface area contributed by atoms with Gasteiger partial charge in [0.05, 0.1) is 22.3 Å². The van der Waals surface area contributed by atoms with Crippen LogP contribution in [0.3, 0.4) is 0 Å². The second-order valence-corrected chi connectivity index (χ2v) is 8.85. The van der Waals surface area contributed by atoms with Crippen LogP contribution in [0.25, 0.3) is 10.9 Å². The minimum Gasteiger partial charge on any atom is -0.489 e. The molecule has 0 bridgehead atoms. The van der Waals surface area contributed by atoms with Crippen molar-refractivity contribution in [3.8, 4) is 5.75 Å². The van der Waals surface area contributed by atoms with Gasteiger partial charge in [-0.3, -0.25) is 4.79 Å². The Morgan fingerprint density at radius 1 is 1.31 bits per heavy atom. The molecule has 184 valence electrons. The number of anilines is 3. The molecule has 0 spiro atoms. The molecule has 1 atom stereocenters. The first kappa shape index (κ1) is 24.8. The fourth-order valence-electron chi connectivity index (χ4n) is 3.61. The van der Waals surface area contributed by atoms with Crippen molar-refractivity contribution in [3.05, 3.63) is 59.7 Å². The van der Waals surface area contributed by atoms with Gasteiger partial charge in [-0.15, -0.1) is 0 Å². The Balaban J connectivity index is 1.65. The van der Waals surface area contributed by atoms with Gasteiger partial charge in [-0.2, -0.15) is 0 Å². The summed E-state index contributed by atoms with van der Waals surface area (Å²) in [5.74, 6) is 0.161. The number of nitrogens with zero attached hydrogens (tertiary/aromatic N) is 3. The zero-order valence-corrected chi connectivity index (χ0v) is 20.3. The molecule has 1 fully saturated rings. The summed E-state index contributed by atoms with van der Waals surface area (Å²) in [5.41, 5.74) is 1.65. The second kappa shape index (κ2) is 11.4. The van der Waals surface area contributed by atoms with Gasteiger partial charge in [0.1, 0.15) is 30.3 Å². The number of fused-ring (bicyclic) bond motifs is 1. The number of aromatic nitrogens is 2. The third-order valence-corrected chi connectivity index (χ3v) is 5.66. The van der Waals surface area contributed by atoms with Gasteiger partial charge in [0.15, 0.2) is 0 Å². The van der Waals surface area contributed by atoms with Gasteiger partial charge < -0.3 is 25.0 Å². The number of amides is 1. The zero-order valence-electron chi connectivity index (χ0n) is 19.6. The van der Waals surface area contributed by atoms with Crippen LogP contribution in [0.5, 0.6) is 5.75 Å². The molecule has 10 heteroatoms. The molecular formula is C25H27ClFN5O3. The number of carbonyl (C=O) groups excluding carboxylic acids is 1. The molecule has 2 N–H and O–H groups in total. The van der Waals surface area contributed by atoms with E-state index < -0.39 is 5.82 Å². The monoisotopic (exact) mass is 499 g/mol. The van der Waals surface area contributed by atoms with E-state index in [0.29, 0.717) is 47.0 Å². The standard InChI is InChI=1S/C25H27ClFN5O3/c1-32(2)9-3-6-24(33)31-22-12-18-21(13-23(22)35-14-17-5-4-10-34-17)28-15-29-25(18)30-16-7-8-20(27)19(26)11-16/h3,6-8,11-13,15,17H,4-5,9-10,14H2,1-2H3,(H,31,33)(H,28,29,30). The van der Waals surface area contributed by atoms with Crippen molar-refractivity contribution in [2.24, 2.45) is 0 Å². The maximum atomic E-state index is 13.6. The van der Waals surface area contributed by atoms with Gasteiger partial charge in [-0.05, 0) is 51.2 Å². The van der Waals surface area contributed by atoms with Crippen molar-refractivity contribution in [2.75, 3.05) is 44.5 Å². The molecule has 1 aromatic heterocycles. The van der Waals surface area contributed by atoms with E-state index in [0.717, 1.165) is 19.4 Å². The molecule has 1 aliphatic rings. The summed E-state index contributed by atoms with van der Waals surface area (Å²) in [4.78, 5) is 23.2. The zero-order chi connectivity index (χ0) is 24.8. The average Bonchev–Trinajstić information content (AvgIpc) is 3.34. The first-order chi connectivity index (χ1) is 16.9. The Hall–Kier alpha value is -3.27. The molecule has 1 saturated heterocycles. The van der Waals surface area contributed by atoms with E-state index in [9.17, 15) is 9.18 Å². The second-order valence-electron chi connectivity index (χ2n) is 8.44. The number of ether oxygens (including phenoxy) is 2. The number of likely N-dealkylation sites (N-methyl/N-ethyl adjacent to an activating group) is 1. The van der Waals surface area contributed by atoms with E-state index in [1.165, 1.54) is 24.5 Å². The van der Waals surface area contributed by atoms with Gasteiger partial charge in [0, 0.05) is 36.4 Å². The highest BCUT2D eigenvalue weighted by molar-refractivity contribution is 6.31. The van der Waals surface area contributed by atoms with Crippen LogP contribution < -0.4 is 15.4 Å². The van der Waals surface area contributed by atoms with Crippen LogP contribution in [0.1, 0.15) is 12.8 Å². The van der Waals surface area contributed by atoms with Crippen LogP contribution in [0.15, 0.2) is 48.8 Å². The van der Waals surface area contributed by atoms with Gasteiger partial charge in [-0.25, -0.2) is 14.4 Å². The maximum Gasteiger partial charge on any atom is 0.248 e. The topological polar surface area (TPSA) is 88.6 Å². The molecular weight excluding hydrogens is 473 g/mol. The number of nitrogens with one attached hydrogen (secondary N) is 2. The van der Waals surface area contributed by atoms with Crippen molar-refractivity contribution in [1.82, 2.24) is 14.9 Å². The molecule has 0 aliphatic carbocycles. The summed E-state index contributed by atoms with van der Waals surface area (Å²) in [7, 11) is 3.84. The summed E-state index contributed by atoms with van der Waals surface area (Å²) in [5, 5.41) is 6.68. The summed E-state index contributed by atoms with van der Waals surface area (Å²) in [6, 6.07) is 7.82. The number of carbonyl (C=O) groups is 1. The van der Waals surface area contributed by atoms with Gasteiger partial charge in [0.2, 0.25) is 5.91 Å². The Bertz CT molecular complexity index is 1230. The SMILES string of the molecule is CN(C)CC=CC(=O)Nc1cc2c(Nc3ccc(F)c(Cl)c3)ncnc2cc1OCC1CCCO1. The lowest BCUT2D eigenvalue weighted by Crippen LogP contribution is -2.18. The lowest BCUT2D eigenvalue weighted by atomic mass is 10.1. The van der Waals surface area contributed by atoms with E-state index in [2.05, 4.69) is 20.6 Å². The molecule has 2 aromatic carbocycles. The van der Waals surface area contributed by atoms with Crippen molar-refractivity contribution >= 4 is 45.6 Å². The van der Waals surface area contributed by atoms with Crippen molar-refractivity contribution < 1.29 is 18.7 Å². The first-order valence-corrected chi connectivity index (χ1v) is 11.6. The minimum absolute atomic E-state index is 0.00403. The van der Waals surface area contributed by atoms with Crippen LogP contribution >= 0.6 is 11.6 Å². The predicted molar refractivity (Wildman–Crippen MR) is 135 cm³/mol. The van der Waals surface area contributed by atoms with Crippen LogP contribution in [0.4, 0.5) is 21.6 Å². The van der Waals surface area contributed by atoms with E-state index in [1.54, 1.807) is 24.3 Å². The fourth-order valence-corrected chi connectivity index (χ4v) is 3.80. The summed E-state index contributed by atoms with van der Waals surface area (Å²) < 4.78 is 25.3. The van der Waals surface area contributed by atoms with E-state index in [1.807, 2.05) is 19.0 Å². The van der Waals surface area contributed by atoms with Crippen molar-refractivity contribution in [1.29, 1.82) is 0 Å². The molecule has 4 rings (SSSR count). The molecule has 1 aliphatic heterocycles. The van der Waals surface area contributed by atoms with Crippen molar-refractivity contribution in [2.45, 2.75) is 18.9 Å². The third kappa shape index (κ3) is 6.66. The smallest absolute Gasteiger partial charge is 0.248 e. The molecule has 1 unspecified atom stereocenters. The maximum absolute atomic E-state index is 13.6. The number of hydrogen-bond donors (Lipinski definition) is 2. The lowest BCUT2D eigenvalue weighted by Gasteiger charge is -2.17. The number of halogens is 2. The highest BCUT2D eigenvalue weighted by Crippen LogP contribution is 2.34. The molecule has 0 radical (unpaired) electrons. The minimum atomic E-state index is -0.509. The Morgan fingerprint density at radius 3 is 2.91 bits per heavy atom. The molecule has 8 nitrogen and oxygen atoms in total. The van der Waals surface area contributed by atoms with Gasteiger partial charge in [-0.1, -0.05) is 17.7 Å². The Kier molecular flexibility index (Phi) is 8.12. The predicted octanol–water partition coefficient (Wildman–Crippen LogP) is 4.78.